The summed E-state index contributed by atoms with van der Waals surface area (Å²) >= 11 is 0. The summed E-state index contributed by atoms with van der Waals surface area (Å²) in [7, 11) is 0. The van der Waals surface area contributed by atoms with Crippen molar-refractivity contribution in [3.8, 4) is 5.82 Å². The van der Waals surface area contributed by atoms with Gasteiger partial charge in [-0.05, 0) is 75.1 Å². The molecule has 2 heterocycles. The number of nitrogens with zero attached hydrogens (tertiary/aromatic N) is 3. The highest BCUT2D eigenvalue weighted by atomic mass is 16.1. The van der Waals surface area contributed by atoms with Gasteiger partial charge in [-0.1, -0.05) is 24.3 Å². The molecule has 1 amide bonds. The van der Waals surface area contributed by atoms with E-state index < -0.39 is 0 Å². The van der Waals surface area contributed by atoms with Crippen LogP contribution in [0, 0.1) is 34.6 Å². The Kier molecular flexibility index (Phi) is 4.66. The van der Waals surface area contributed by atoms with Crippen LogP contribution < -0.4 is 5.32 Å². The number of nitrogens with one attached hydrogen (secondary N) is 1. The van der Waals surface area contributed by atoms with Crippen LogP contribution in [0.4, 0.5) is 5.82 Å². The standard InChI is InChI=1S/C24H24N4O/c1-14-9-10-19(11-16(14)3)24(29)26-22-13-18(5)27-28(22)21-12-17(4)20-8-6-7-15(2)23(20)25-21/h6-13H,1-5H3,(H,26,29). The molecule has 0 aliphatic heterocycles. The summed E-state index contributed by atoms with van der Waals surface area (Å²) in [5, 5.41) is 8.70. The first-order valence-electron chi connectivity index (χ1n) is 9.66. The van der Waals surface area contributed by atoms with Gasteiger partial charge < -0.3 is 5.32 Å². The molecule has 0 saturated carbocycles. The van der Waals surface area contributed by atoms with Gasteiger partial charge in [-0.25, -0.2) is 4.98 Å². The summed E-state index contributed by atoms with van der Waals surface area (Å²) in [4.78, 5) is 17.7. The normalized spacial score (nSPS) is 11.1. The lowest BCUT2D eigenvalue weighted by molar-refractivity contribution is 0.102. The number of hydrogen-bond acceptors (Lipinski definition) is 3. The molecule has 0 radical (unpaired) electrons. The zero-order valence-electron chi connectivity index (χ0n) is 17.4. The van der Waals surface area contributed by atoms with Crippen molar-refractivity contribution in [1.82, 2.24) is 14.8 Å². The molecule has 146 valence electrons. The Bertz CT molecular complexity index is 1250. The van der Waals surface area contributed by atoms with Crippen molar-refractivity contribution in [3.05, 3.63) is 82.0 Å². The monoisotopic (exact) mass is 384 g/mol. The van der Waals surface area contributed by atoms with Crippen LogP contribution in [0.3, 0.4) is 0 Å². The van der Waals surface area contributed by atoms with Crippen molar-refractivity contribution in [2.24, 2.45) is 0 Å². The Morgan fingerprint density at radius 1 is 0.862 bits per heavy atom. The molecule has 5 heteroatoms. The van der Waals surface area contributed by atoms with Gasteiger partial charge in [-0.3, -0.25) is 4.79 Å². The van der Waals surface area contributed by atoms with Crippen molar-refractivity contribution >= 4 is 22.6 Å². The summed E-state index contributed by atoms with van der Waals surface area (Å²) in [6.07, 6.45) is 0. The van der Waals surface area contributed by atoms with Gasteiger partial charge in [0.1, 0.15) is 5.82 Å². The number of para-hydroxylation sites is 1. The highest BCUT2D eigenvalue weighted by molar-refractivity contribution is 6.04. The van der Waals surface area contributed by atoms with Crippen molar-refractivity contribution in [3.63, 3.8) is 0 Å². The fourth-order valence-corrected chi connectivity index (χ4v) is 3.49. The molecule has 2 aromatic heterocycles. The molecule has 0 atom stereocenters. The molecule has 1 N–H and O–H groups in total. The zero-order chi connectivity index (χ0) is 20.7. The van der Waals surface area contributed by atoms with Crippen LogP contribution in [0.5, 0.6) is 0 Å². The molecule has 5 nitrogen and oxygen atoms in total. The molecular formula is C24H24N4O. The van der Waals surface area contributed by atoms with Gasteiger partial charge in [0.2, 0.25) is 0 Å². The fraction of sp³-hybridized carbons (Fsp3) is 0.208. The highest BCUT2D eigenvalue weighted by Gasteiger charge is 2.15. The lowest BCUT2D eigenvalue weighted by Gasteiger charge is -2.12. The lowest BCUT2D eigenvalue weighted by Crippen LogP contribution is -2.16. The van der Waals surface area contributed by atoms with E-state index in [1.54, 1.807) is 4.68 Å². The predicted molar refractivity (Wildman–Crippen MR) is 117 cm³/mol. The van der Waals surface area contributed by atoms with E-state index in [9.17, 15) is 4.79 Å². The van der Waals surface area contributed by atoms with Crippen molar-refractivity contribution in [2.45, 2.75) is 34.6 Å². The number of amides is 1. The maximum Gasteiger partial charge on any atom is 0.256 e. The summed E-state index contributed by atoms with van der Waals surface area (Å²) < 4.78 is 1.70. The molecule has 0 fully saturated rings. The third kappa shape index (κ3) is 3.51. The molecule has 29 heavy (non-hydrogen) atoms. The zero-order valence-corrected chi connectivity index (χ0v) is 17.4. The van der Waals surface area contributed by atoms with Crippen LogP contribution >= 0.6 is 0 Å². The third-order valence-corrected chi connectivity index (χ3v) is 5.29. The Labute approximate surface area is 170 Å². The summed E-state index contributed by atoms with van der Waals surface area (Å²) in [6.45, 7) is 10.1. The number of rotatable bonds is 3. The Hall–Kier alpha value is -3.47. The summed E-state index contributed by atoms with van der Waals surface area (Å²) in [5.41, 5.74) is 6.85. The highest BCUT2D eigenvalue weighted by Crippen LogP contribution is 2.24. The van der Waals surface area contributed by atoms with E-state index in [4.69, 9.17) is 4.98 Å². The van der Waals surface area contributed by atoms with E-state index in [1.807, 2.05) is 57.2 Å². The van der Waals surface area contributed by atoms with Crippen LogP contribution in [0.15, 0.2) is 48.5 Å². The topological polar surface area (TPSA) is 59.8 Å². The van der Waals surface area contributed by atoms with Crippen molar-refractivity contribution in [2.75, 3.05) is 5.32 Å². The molecule has 0 spiro atoms. The molecule has 0 bridgehead atoms. The number of fused-ring (bicyclic) bond motifs is 1. The van der Waals surface area contributed by atoms with E-state index >= 15 is 0 Å². The molecule has 2 aromatic carbocycles. The predicted octanol–water partition coefficient (Wildman–Crippen LogP) is 5.21. The maximum atomic E-state index is 12.8. The van der Waals surface area contributed by atoms with E-state index in [0.717, 1.165) is 38.9 Å². The number of pyridine rings is 1. The Morgan fingerprint density at radius 2 is 1.66 bits per heavy atom. The van der Waals surface area contributed by atoms with E-state index in [2.05, 4.69) is 36.4 Å². The summed E-state index contributed by atoms with van der Waals surface area (Å²) in [5.74, 6) is 1.13. The smallest absolute Gasteiger partial charge is 0.256 e. The van der Waals surface area contributed by atoms with E-state index in [-0.39, 0.29) is 5.91 Å². The van der Waals surface area contributed by atoms with Gasteiger partial charge in [0.05, 0.1) is 11.2 Å². The minimum atomic E-state index is -0.164. The molecular weight excluding hydrogens is 360 g/mol. The Morgan fingerprint density at radius 3 is 2.41 bits per heavy atom. The van der Waals surface area contributed by atoms with Crippen LogP contribution in [-0.4, -0.2) is 20.7 Å². The van der Waals surface area contributed by atoms with Crippen LogP contribution in [-0.2, 0) is 0 Å². The van der Waals surface area contributed by atoms with Crippen molar-refractivity contribution in [1.29, 1.82) is 0 Å². The van der Waals surface area contributed by atoms with Gasteiger partial charge in [-0.2, -0.15) is 9.78 Å². The molecule has 0 aliphatic carbocycles. The van der Waals surface area contributed by atoms with E-state index in [0.29, 0.717) is 17.2 Å². The fourth-order valence-electron chi connectivity index (χ4n) is 3.49. The second kappa shape index (κ2) is 7.17. The van der Waals surface area contributed by atoms with Gasteiger partial charge in [0, 0.05) is 17.0 Å². The number of carbonyl (C=O) groups excluding carboxylic acids is 1. The SMILES string of the molecule is Cc1cc(NC(=O)c2ccc(C)c(C)c2)n(-c2cc(C)c3cccc(C)c3n2)n1. The molecule has 0 unspecified atom stereocenters. The van der Waals surface area contributed by atoms with Gasteiger partial charge in [0.25, 0.3) is 5.91 Å². The second-order valence-electron chi connectivity index (χ2n) is 7.60. The first kappa shape index (κ1) is 18.9. The van der Waals surface area contributed by atoms with Gasteiger partial charge >= 0.3 is 0 Å². The van der Waals surface area contributed by atoms with Gasteiger partial charge in [0.15, 0.2) is 5.82 Å². The Balaban J connectivity index is 1.76. The number of hydrogen-bond donors (Lipinski definition) is 1. The van der Waals surface area contributed by atoms with E-state index in [1.165, 1.54) is 0 Å². The van der Waals surface area contributed by atoms with Crippen molar-refractivity contribution < 1.29 is 4.79 Å². The quantitative estimate of drug-likeness (QED) is 0.527. The minimum Gasteiger partial charge on any atom is -0.306 e. The number of benzene rings is 2. The average molecular weight is 384 g/mol. The first-order valence-corrected chi connectivity index (χ1v) is 9.66. The number of aryl methyl sites for hydroxylation is 5. The largest absolute Gasteiger partial charge is 0.306 e. The number of anilines is 1. The first-order chi connectivity index (χ1) is 13.8. The van der Waals surface area contributed by atoms with Crippen LogP contribution in [0.25, 0.3) is 16.7 Å². The van der Waals surface area contributed by atoms with Gasteiger partial charge in [-0.15, -0.1) is 0 Å². The third-order valence-electron chi connectivity index (χ3n) is 5.29. The molecule has 0 saturated heterocycles. The second-order valence-corrected chi connectivity index (χ2v) is 7.60. The average Bonchev–Trinajstić information content (AvgIpc) is 3.04. The molecule has 4 aromatic rings. The number of carbonyl (C=O) groups is 1. The maximum absolute atomic E-state index is 12.8. The van der Waals surface area contributed by atoms with Crippen LogP contribution in [0.1, 0.15) is 38.3 Å². The number of aromatic nitrogens is 3. The lowest BCUT2D eigenvalue weighted by atomic mass is 10.1. The van der Waals surface area contributed by atoms with Crippen LogP contribution in [0.2, 0.25) is 0 Å². The molecule has 0 aliphatic rings. The minimum absolute atomic E-state index is 0.164. The summed E-state index contributed by atoms with van der Waals surface area (Å²) in [6, 6.07) is 15.7. The molecule has 4 rings (SSSR count).